The summed E-state index contributed by atoms with van der Waals surface area (Å²) in [5, 5.41) is 4.33. The summed E-state index contributed by atoms with van der Waals surface area (Å²) in [6.07, 6.45) is 8.25. The van der Waals surface area contributed by atoms with Gasteiger partial charge in [-0.25, -0.2) is 19.3 Å². The minimum atomic E-state index is -0.249. The quantitative estimate of drug-likeness (QED) is 0.444. The molecule has 6 nitrogen and oxygen atoms in total. The van der Waals surface area contributed by atoms with Crippen LogP contribution in [-0.2, 0) is 12.8 Å². The van der Waals surface area contributed by atoms with E-state index in [1.807, 2.05) is 0 Å². The number of hydrogen-bond acceptors (Lipinski definition) is 5. The molecule has 0 bridgehead atoms. The van der Waals surface area contributed by atoms with Crippen LogP contribution in [0, 0.1) is 5.82 Å². The van der Waals surface area contributed by atoms with E-state index in [1.54, 1.807) is 12.4 Å². The van der Waals surface area contributed by atoms with Crippen LogP contribution in [0.2, 0.25) is 0 Å². The number of pyridine rings is 1. The number of unbranched alkanes of at least 4 members (excludes halogenated alkanes) is 2. The zero-order valence-corrected chi connectivity index (χ0v) is 15.9. The number of benzene rings is 1. The van der Waals surface area contributed by atoms with Crippen molar-refractivity contribution >= 4 is 27.9 Å². The lowest BCUT2D eigenvalue weighted by molar-refractivity contribution is 0.629. The van der Waals surface area contributed by atoms with Crippen LogP contribution >= 0.6 is 0 Å². The van der Waals surface area contributed by atoms with Crippen molar-refractivity contribution in [2.75, 3.05) is 11.9 Å². The second kappa shape index (κ2) is 8.29. The summed E-state index contributed by atoms with van der Waals surface area (Å²) in [7, 11) is 0. The smallest absolute Gasteiger partial charge is 0.182 e. The molecule has 0 aliphatic carbocycles. The summed E-state index contributed by atoms with van der Waals surface area (Å²) in [6.45, 7) is 2.90. The zero-order chi connectivity index (χ0) is 19.3. The molecular formula is C21H23FN6. The van der Waals surface area contributed by atoms with Crippen LogP contribution < -0.4 is 5.32 Å². The first kappa shape index (κ1) is 18.3. The van der Waals surface area contributed by atoms with Crippen LogP contribution in [0.25, 0.3) is 22.1 Å². The van der Waals surface area contributed by atoms with Crippen LogP contribution in [0.3, 0.4) is 0 Å². The Labute approximate surface area is 162 Å². The lowest BCUT2D eigenvalue weighted by Gasteiger charge is -2.12. The second-order valence-electron chi connectivity index (χ2n) is 6.89. The van der Waals surface area contributed by atoms with Gasteiger partial charge in [-0.3, -0.25) is 4.98 Å². The number of nitrogens with one attached hydrogen (secondary N) is 2. The molecule has 0 saturated carbocycles. The molecule has 3 aromatic heterocycles. The van der Waals surface area contributed by atoms with E-state index < -0.39 is 0 Å². The van der Waals surface area contributed by atoms with Crippen LogP contribution in [0.1, 0.15) is 37.4 Å². The largest absolute Gasteiger partial charge is 0.368 e. The van der Waals surface area contributed by atoms with Gasteiger partial charge >= 0.3 is 0 Å². The van der Waals surface area contributed by atoms with Crippen molar-refractivity contribution in [1.82, 2.24) is 24.9 Å². The fourth-order valence-electron chi connectivity index (χ4n) is 3.41. The van der Waals surface area contributed by atoms with Gasteiger partial charge in [-0.05, 0) is 43.0 Å². The highest BCUT2D eigenvalue weighted by Crippen LogP contribution is 2.21. The maximum absolute atomic E-state index is 13.6. The van der Waals surface area contributed by atoms with Gasteiger partial charge < -0.3 is 10.3 Å². The van der Waals surface area contributed by atoms with Crippen molar-refractivity contribution in [3.8, 4) is 0 Å². The average Bonchev–Trinajstić information content (AvgIpc) is 3.18. The minimum Gasteiger partial charge on any atom is -0.368 e. The number of imidazole rings is 1. The first-order chi connectivity index (χ1) is 13.7. The van der Waals surface area contributed by atoms with Crippen molar-refractivity contribution < 1.29 is 4.39 Å². The molecule has 7 heteroatoms. The monoisotopic (exact) mass is 378 g/mol. The van der Waals surface area contributed by atoms with Gasteiger partial charge in [-0.15, -0.1) is 0 Å². The molecule has 0 fully saturated rings. The van der Waals surface area contributed by atoms with Gasteiger partial charge in [-0.2, -0.15) is 0 Å². The Kier molecular flexibility index (Phi) is 5.41. The van der Waals surface area contributed by atoms with Gasteiger partial charge in [0.25, 0.3) is 0 Å². The molecule has 4 aromatic rings. The van der Waals surface area contributed by atoms with Gasteiger partial charge in [0.05, 0.1) is 11.8 Å². The SMILES string of the molecule is CCCCCc1nc2cc(F)ccc2cc1CCNc1ncnc2nc[nH]c12. The molecule has 28 heavy (non-hydrogen) atoms. The Morgan fingerprint density at radius 2 is 2.00 bits per heavy atom. The van der Waals surface area contributed by atoms with E-state index in [2.05, 4.69) is 38.2 Å². The Morgan fingerprint density at radius 1 is 1.07 bits per heavy atom. The molecule has 144 valence electrons. The summed E-state index contributed by atoms with van der Waals surface area (Å²) in [5.74, 6) is 0.493. The molecular weight excluding hydrogens is 355 g/mol. The predicted molar refractivity (Wildman–Crippen MR) is 109 cm³/mol. The number of aromatic nitrogens is 5. The number of hydrogen-bond donors (Lipinski definition) is 2. The summed E-state index contributed by atoms with van der Waals surface area (Å²) >= 11 is 0. The highest BCUT2D eigenvalue weighted by molar-refractivity contribution is 5.82. The van der Waals surface area contributed by atoms with E-state index in [1.165, 1.54) is 30.4 Å². The van der Waals surface area contributed by atoms with Crippen LogP contribution in [-0.4, -0.2) is 31.5 Å². The summed E-state index contributed by atoms with van der Waals surface area (Å²) in [5.41, 5.74) is 4.42. The first-order valence-electron chi connectivity index (χ1n) is 9.70. The minimum absolute atomic E-state index is 0.249. The summed E-state index contributed by atoms with van der Waals surface area (Å²) in [6, 6.07) is 6.93. The number of nitrogens with zero attached hydrogens (tertiary/aromatic N) is 4. The molecule has 0 aliphatic rings. The molecule has 1 aromatic carbocycles. The molecule has 0 spiro atoms. The van der Waals surface area contributed by atoms with Crippen molar-refractivity contribution in [2.45, 2.75) is 39.0 Å². The van der Waals surface area contributed by atoms with Crippen molar-refractivity contribution in [3.63, 3.8) is 0 Å². The van der Waals surface area contributed by atoms with Gasteiger partial charge in [-0.1, -0.05) is 19.8 Å². The van der Waals surface area contributed by atoms with Gasteiger partial charge in [0.2, 0.25) is 0 Å². The number of halogens is 1. The standard InChI is InChI=1S/C21H23FN6/c1-2-3-4-5-17-15(10-14-6-7-16(22)11-18(14)28-17)8-9-23-20-19-21(25-12-24-19)27-13-26-20/h6-7,10-13H,2-5,8-9H2,1H3,(H2,23,24,25,26,27). The van der Waals surface area contributed by atoms with E-state index in [4.69, 9.17) is 4.98 Å². The van der Waals surface area contributed by atoms with Crippen molar-refractivity contribution in [3.05, 3.63) is 54.0 Å². The number of fused-ring (bicyclic) bond motifs is 2. The van der Waals surface area contributed by atoms with Gasteiger partial charge in [0.1, 0.15) is 17.7 Å². The Hall–Kier alpha value is -3.09. The predicted octanol–water partition coefficient (Wildman–Crippen LogP) is 4.43. The molecule has 0 atom stereocenters. The topological polar surface area (TPSA) is 79.4 Å². The molecule has 4 rings (SSSR count). The highest BCUT2D eigenvalue weighted by Gasteiger charge is 2.10. The number of rotatable bonds is 8. The third-order valence-electron chi connectivity index (χ3n) is 4.88. The van der Waals surface area contributed by atoms with Crippen molar-refractivity contribution in [1.29, 1.82) is 0 Å². The third kappa shape index (κ3) is 3.93. The number of aromatic amines is 1. The van der Waals surface area contributed by atoms with Crippen LogP contribution in [0.15, 0.2) is 36.9 Å². The Morgan fingerprint density at radius 3 is 2.89 bits per heavy atom. The average molecular weight is 378 g/mol. The van der Waals surface area contributed by atoms with E-state index in [0.29, 0.717) is 12.2 Å². The Bertz CT molecular complexity index is 1090. The molecule has 2 N–H and O–H groups in total. The molecule has 0 radical (unpaired) electrons. The molecule has 0 unspecified atom stereocenters. The number of anilines is 1. The van der Waals surface area contributed by atoms with E-state index in [-0.39, 0.29) is 5.82 Å². The lowest BCUT2D eigenvalue weighted by atomic mass is 10.0. The van der Waals surface area contributed by atoms with Gasteiger partial charge in [0.15, 0.2) is 11.5 Å². The first-order valence-corrected chi connectivity index (χ1v) is 9.70. The highest BCUT2D eigenvalue weighted by atomic mass is 19.1. The summed E-state index contributed by atoms with van der Waals surface area (Å²) in [4.78, 5) is 20.4. The van der Waals surface area contributed by atoms with Gasteiger partial charge in [0, 0.05) is 23.7 Å². The summed E-state index contributed by atoms with van der Waals surface area (Å²) < 4.78 is 13.6. The molecule has 0 amide bonds. The molecule has 0 saturated heterocycles. The third-order valence-corrected chi connectivity index (χ3v) is 4.88. The normalized spacial score (nSPS) is 11.4. The van der Waals surface area contributed by atoms with E-state index in [0.717, 1.165) is 53.6 Å². The maximum atomic E-state index is 13.6. The second-order valence-corrected chi connectivity index (χ2v) is 6.89. The number of aryl methyl sites for hydroxylation is 1. The van der Waals surface area contributed by atoms with Crippen LogP contribution in [0.4, 0.5) is 10.2 Å². The molecule has 0 aliphatic heterocycles. The fourth-order valence-corrected chi connectivity index (χ4v) is 3.41. The van der Waals surface area contributed by atoms with E-state index >= 15 is 0 Å². The zero-order valence-electron chi connectivity index (χ0n) is 15.9. The fraction of sp³-hybridized carbons (Fsp3) is 0.333. The van der Waals surface area contributed by atoms with Crippen LogP contribution in [0.5, 0.6) is 0 Å². The number of H-pyrrole nitrogens is 1. The lowest BCUT2D eigenvalue weighted by Crippen LogP contribution is -2.10. The van der Waals surface area contributed by atoms with Crippen molar-refractivity contribution in [2.24, 2.45) is 0 Å². The van der Waals surface area contributed by atoms with E-state index in [9.17, 15) is 4.39 Å². The Balaban J connectivity index is 1.54. The maximum Gasteiger partial charge on any atom is 0.182 e. The molecule has 3 heterocycles.